The van der Waals surface area contributed by atoms with Gasteiger partial charge in [0, 0.05) is 12.2 Å². The SMILES string of the molecule is CCC(C)C(NC(=O)C(Cc1ccccc1)NC(=O)C(N)CS)C(=O)NC(CC(C)C)C(=O)O. The molecule has 0 spiro atoms. The minimum absolute atomic E-state index is 0.0551. The summed E-state index contributed by atoms with van der Waals surface area (Å²) in [4.78, 5) is 50.3. The molecule has 1 aromatic carbocycles. The van der Waals surface area contributed by atoms with E-state index in [1.807, 2.05) is 51.1 Å². The minimum atomic E-state index is -1.13. The maximum atomic E-state index is 13.2. The summed E-state index contributed by atoms with van der Waals surface area (Å²) in [7, 11) is 0. The van der Waals surface area contributed by atoms with E-state index in [9.17, 15) is 24.3 Å². The van der Waals surface area contributed by atoms with Crippen LogP contribution in [0.25, 0.3) is 0 Å². The quantitative estimate of drug-likeness (QED) is 0.213. The molecule has 0 saturated heterocycles. The van der Waals surface area contributed by atoms with Gasteiger partial charge in [-0.1, -0.05) is 64.4 Å². The summed E-state index contributed by atoms with van der Waals surface area (Å²) in [6, 6.07) is 5.22. The van der Waals surface area contributed by atoms with E-state index in [0.29, 0.717) is 6.42 Å². The third kappa shape index (κ3) is 9.72. The van der Waals surface area contributed by atoms with E-state index in [1.54, 1.807) is 6.92 Å². The van der Waals surface area contributed by atoms with Crippen molar-refractivity contribution in [2.24, 2.45) is 17.6 Å². The van der Waals surface area contributed by atoms with E-state index < -0.39 is 47.9 Å². The van der Waals surface area contributed by atoms with Gasteiger partial charge >= 0.3 is 5.97 Å². The molecule has 0 saturated carbocycles. The molecular weight excluding hydrogens is 456 g/mol. The molecule has 0 aromatic heterocycles. The minimum Gasteiger partial charge on any atom is -0.480 e. The molecule has 0 aliphatic rings. The fourth-order valence-corrected chi connectivity index (χ4v) is 3.50. The number of amides is 3. The maximum absolute atomic E-state index is 13.2. The van der Waals surface area contributed by atoms with Crippen LogP contribution in [0.2, 0.25) is 0 Å². The third-order valence-electron chi connectivity index (χ3n) is 5.56. The monoisotopic (exact) mass is 494 g/mol. The van der Waals surface area contributed by atoms with Gasteiger partial charge in [0.25, 0.3) is 0 Å². The van der Waals surface area contributed by atoms with Crippen molar-refractivity contribution < 1.29 is 24.3 Å². The molecule has 0 bridgehead atoms. The zero-order valence-corrected chi connectivity index (χ0v) is 21.2. The van der Waals surface area contributed by atoms with E-state index >= 15 is 0 Å². The van der Waals surface area contributed by atoms with Gasteiger partial charge in [0.2, 0.25) is 17.7 Å². The Morgan fingerprint density at radius 1 is 0.941 bits per heavy atom. The van der Waals surface area contributed by atoms with Gasteiger partial charge in [-0.3, -0.25) is 14.4 Å². The van der Waals surface area contributed by atoms with Gasteiger partial charge in [0.15, 0.2) is 0 Å². The Labute approximate surface area is 207 Å². The molecule has 6 N–H and O–H groups in total. The number of hydrogen-bond acceptors (Lipinski definition) is 6. The van der Waals surface area contributed by atoms with Crippen LogP contribution in [0.5, 0.6) is 0 Å². The lowest BCUT2D eigenvalue weighted by atomic mass is 9.96. The number of carbonyl (C=O) groups is 4. The van der Waals surface area contributed by atoms with Crippen molar-refractivity contribution in [2.75, 3.05) is 5.75 Å². The van der Waals surface area contributed by atoms with Gasteiger partial charge in [-0.15, -0.1) is 0 Å². The molecule has 190 valence electrons. The predicted molar refractivity (Wildman–Crippen MR) is 134 cm³/mol. The Morgan fingerprint density at radius 2 is 1.53 bits per heavy atom. The maximum Gasteiger partial charge on any atom is 0.326 e. The largest absolute Gasteiger partial charge is 0.480 e. The molecule has 10 heteroatoms. The van der Waals surface area contributed by atoms with Gasteiger partial charge in [-0.25, -0.2) is 4.79 Å². The van der Waals surface area contributed by atoms with Crippen molar-refractivity contribution in [2.45, 2.75) is 71.1 Å². The average molecular weight is 495 g/mol. The van der Waals surface area contributed by atoms with Crippen molar-refractivity contribution >= 4 is 36.3 Å². The standard InChI is InChI=1S/C24H38N4O5S/c1-5-15(4)20(23(31)27-19(24(32)33)11-14(2)3)28-22(30)18(26-21(29)17(25)13-34)12-16-9-7-6-8-10-16/h6-10,14-15,17-20,34H,5,11-13,25H2,1-4H3,(H,26,29)(H,27,31)(H,28,30)(H,32,33). The van der Waals surface area contributed by atoms with Gasteiger partial charge in [0.05, 0.1) is 6.04 Å². The zero-order valence-electron chi connectivity index (χ0n) is 20.3. The van der Waals surface area contributed by atoms with Crippen LogP contribution in [0, 0.1) is 11.8 Å². The molecule has 34 heavy (non-hydrogen) atoms. The molecule has 0 heterocycles. The molecule has 0 aliphatic carbocycles. The van der Waals surface area contributed by atoms with Gasteiger partial charge in [-0.2, -0.15) is 12.6 Å². The van der Waals surface area contributed by atoms with Crippen LogP contribution in [-0.2, 0) is 25.6 Å². The van der Waals surface area contributed by atoms with Crippen LogP contribution in [-0.4, -0.2) is 58.7 Å². The molecule has 5 unspecified atom stereocenters. The van der Waals surface area contributed by atoms with E-state index in [2.05, 4.69) is 28.6 Å². The lowest BCUT2D eigenvalue weighted by Gasteiger charge is -2.28. The second-order valence-corrected chi connectivity index (χ2v) is 9.31. The lowest BCUT2D eigenvalue weighted by molar-refractivity contribution is -0.143. The smallest absolute Gasteiger partial charge is 0.326 e. The summed E-state index contributed by atoms with van der Waals surface area (Å²) in [5.74, 6) is -2.91. The molecular formula is C24H38N4O5S. The molecule has 1 aromatic rings. The molecule has 1 rings (SSSR count). The molecule has 5 atom stereocenters. The Morgan fingerprint density at radius 3 is 2.03 bits per heavy atom. The zero-order chi connectivity index (χ0) is 25.8. The first kappa shape index (κ1) is 29.4. The number of carboxylic acid groups (broad SMARTS) is 1. The van der Waals surface area contributed by atoms with Gasteiger partial charge in [-0.05, 0) is 23.8 Å². The predicted octanol–water partition coefficient (Wildman–Crippen LogP) is 1.12. The number of hydrogen-bond donors (Lipinski definition) is 6. The molecule has 9 nitrogen and oxygen atoms in total. The number of benzene rings is 1. The first-order chi connectivity index (χ1) is 16.0. The number of rotatable bonds is 14. The number of carboxylic acids is 1. The highest BCUT2D eigenvalue weighted by atomic mass is 32.1. The summed E-state index contributed by atoms with van der Waals surface area (Å²) in [5, 5.41) is 17.4. The number of thiol groups is 1. The van der Waals surface area contributed by atoms with Crippen LogP contribution >= 0.6 is 12.6 Å². The lowest BCUT2D eigenvalue weighted by Crippen LogP contribution is -2.59. The summed E-state index contributed by atoms with van der Waals surface area (Å²) in [6.07, 6.45) is 1.02. The Balaban J connectivity index is 3.10. The highest BCUT2D eigenvalue weighted by Crippen LogP contribution is 2.12. The third-order valence-corrected chi connectivity index (χ3v) is 5.96. The molecule has 3 amide bonds. The Hall–Kier alpha value is -2.59. The van der Waals surface area contributed by atoms with E-state index in [0.717, 1.165) is 5.56 Å². The van der Waals surface area contributed by atoms with Crippen LogP contribution in [0.15, 0.2) is 30.3 Å². The van der Waals surface area contributed by atoms with E-state index in [1.165, 1.54) is 0 Å². The van der Waals surface area contributed by atoms with Crippen molar-refractivity contribution in [3.8, 4) is 0 Å². The van der Waals surface area contributed by atoms with Crippen molar-refractivity contribution in [1.82, 2.24) is 16.0 Å². The fraction of sp³-hybridized carbons (Fsp3) is 0.583. The van der Waals surface area contributed by atoms with E-state index in [-0.39, 0.29) is 30.4 Å². The first-order valence-corrected chi connectivity index (χ1v) is 12.2. The molecule has 0 aliphatic heterocycles. The second-order valence-electron chi connectivity index (χ2n) is 8.94. The van der Waals surface area contributed by atoms with Crippen LogP contribution in [0.4, 0.5) is 0 Å². The van der Waals surface area contributed by atoms with Crippen LogP contribution in [0.3, 0.4) is 0 Å². The highest BCUT2D eigenvalue weighted by molar-refractivity contribution is 7.80. The van der Waals surface area contributed by atoms with Crippen LogP contribution < -0.4 is 21.7 Å². The number of nitrogens with one attached hydrogen (secondary N) is 3. The number of nitrogens with two attached hydrogens (primary N) is 1. The summed E-state index contributed by atoms with van der Waals surface area (Å²) < 4.78 is 0. The van der Waals surface area contributed by atoms with Crippen molar-refractivity contribution in [3.63, 3.8) is 0 Å². The normalized spacial score (nSPS) is 15.5. The Bertz CT molecular complexity index is 821. The van der Waals surface area contributed by atoms with Crippen LogP contribution in [0.1, 0.15) is 46.1 Å². The fourth-order valence-electron chi connectivity index (χ4n) is 3.33. The topological polar surface area (TPSA) is 151 Å². The second kappa shape index (κ2) is 14.6. The number of aliphatic carboxylic acids is 1. The van der Waals surface area contributed by atoms with Gasteiger partial charge < -0.3 is 26.8 Å². The Kier molecular flexibility index (Phi) is 12.7. The van der Waals surface area contributed by atoms with E-state index in [4.69, 9.17) is 5.73 Å². The molecule has 0 fully saturated rings. The highest BCUT2D eigenvalue weighted by Gasteiger charge is 2.33. The summed E-state index contributed by atoms with van der Waals surface area (Å²) >= 11 is 4.03. The molecule has 0 radical (unpaired) electrons. The van der Waals surface area contributed by atoms with Crippen molar-refractivity contribution in [3.05, 3.63) is 35.9 Å². The van der Waals surface area contributed by atoms with Crippen molar-refractivity contribution in [1.29, 1.82) is 0 Å². The first-order valence-electron chi connectivity index (χ1n) is 11.5. The number of carbonyl (C=O) groups excluding carboxylic acids is 3. The average Bonchev–Trinajstić information content (AvgIpc) is 2.80. The van der Waals surface area contributed by atoms with Gasteiger partial charge in [0.1, 0.15) is 18.1 Å². The summed E-state index contributed by atoms with van der Waals surface area (Å²) in [6.45, 7) is 7.39. The summed E-state index contributed by atoms with van der Waals surface area (Å²) in [5.41, 5.74) is 6.58.